The van der Waals surface area contributed by atoms with Crippen molar-refractivity contribution in [2.75, 3.05) is 0 Å². The largest absolute Gasteiger partial charge is 0.509 e. The second-order valence-electron chi connectivity index (χ2n) is 13.6. The average Bonchev–Trinajstić information content (AvgIpc) is 3.26. The molecule has 1 aromatic rings. The van der Waals surface area contributed by atoms with Gasteiger partial charge in [-0.05, 0) is 10.8 Å². The van der Waals surface area contributed by atoms with Gasteiger partial charge < -0.3 is 18.9 Å². The van der Waals surface area contributed by atoms with E-state index in [1.807, 2.05) is 18.2 Å². The van der Waals surface area contributed by atoms with E-state index in [4.69, 9.17) is 18.9 Å². The summed E-state index contributed by atoms with van der Waals surface area (Å²) in [5, 5.41) is 0. The van der Waals surface area contributed by atoms with E-state index in [9.17, 15) is 4.79 Å². The van der Waals surface area contributed by atoms with E-state index in [1.54, 1.807) is 0 Å². The van der Waals surface area contributed by atoms with Crippen molar-refractivity contribution in [2.24, 2.45) is 21.7 Å². The lowest BCUT2D eigenvalue weighted by Crippen LogP contribution is -2.42. The van der Waals surface area contributed by atoms with E-state index in [0.717, 1.165) is 5.56 Å². The van der Waals surface area contributed by atoms with Gasteiger partial charge in [0.2, 0.25) is 0 Å². The van der Waals surface area contributed by atoms with Gasteiger partial charge in [0.15, 0.2) is 6.29 Å². The molecule has 188 valence electrons. The lowest BCUT2D eigenvalue weighted by molar-refractivity contribution is -0.0872. The van der Waals surface area contributed by atoms with Crippen molar-refractivity contribution in [3.63, 3.8) is 0 Å². The normalized spacial score (nSPS) is 27.0. The van der Waals surface area contributed by atoms with Gasteiger partial charge >= 0.3 is 6.16 Å². The van der Waals surface area contributed by atoms with Crippen LogP contribution in [-0.4, -0.2) is 30.6 Å². The van der Waals surface area contributed by atoms with Crippen molar-refractivity contribution in [3.05, 3.63) is 35.9 Å². The van der Waals surface area contributed by atoms with Gasteiger partial charge in [0.25, 0.3) is 0 Å². The summed E-state index contributed by atoms with van der Waals surface area (Å²) in [5.74, 6) is 0. The molecule has 0 unspecified atom stereocenters. The van der Waals surface area contributed by atoms with Gasteiger partial charge in [-0.25, -0.2) is 4.79 Å². The molecule has 2 aliphatic rings. The van der Waals surface area contributed by atoms with Crippen LogP contribution in [-0.2, 0) is 18.9 Å². The van der Waals surface area contributed by atoms with Gasteiger partial charge in [0.05, 0.1) is 12.2 Å². The van der Waals surface area contributed by atoms with Gasteiger partial charge in [-0.2, -0.15) is 0 Å². The smallest absolute Gasteiger partial charge is 0.426 e. The summed E-state index contributed by atoms with van der Waals surface area (Å²) in [5.41, 5.74) is 1.08. The molecule has 0 radical (unpaired) electrons. The average molecular weight is 463 g/mol. The second-order valence-corrected chi connectivity index (χ2v) is 13.6. The maximum Gasteiger partial charge on any atom is 0.509 e. The van der Waals surface area contributed by atoms with Gasteiger partial charge in [0.1, 0.15) is 12.2 Å². The van der Waals surface area contributed by atoms with Gasteiger partial charge in [-0.15, -0.1) is 0 Å². The zero-order valence-corrected chi connectivity index (χ0v) is 22.8. The van der Waals surface area contributed by atoms with Crippen LogP contribution in [0.2, 0.25) is 0 Å². The Labute approximate surface area is 201 Å². The third kappa shape index (κ3) is 7.19. The Kier molecular flexibility index (Phi) is 8.02. The first-order chi connectivity index (χ1) is 14.8. The Bertz CT molecular complexity index is 728. The molecule has 0 spiro atoms. The number of carbonyl (C=O) groups is 1. The highest BCUT2D eigenvalue weighted by atomic mass is 16.8. The third-order valence-corrected chi connectivity index (χ3v) is 6.02. The molecule has 4 atom stereocenters. The molecule has 0 aromatic heterocycles. The van der Waals surface area contributed by atoms with Crippen LogP contribution in [0.4, 0.5) is 4.79 Å². The summed E-state index contributed by atoms with van der Waals surface area (Å²) in [6, 6.07) is 10.2. The van der Waals surface area contributed by atoms with Crippen LogP contribution in [0.3, 0.4) is 0 Å². The molecule has 5 heteroatoms. The van der Waals surface area contributed by atoms with Crippen LogP contribution in [0.5, 0.6) is 0 Å². The molecule has 2 saturated heterocycles. The fourth-order valence-electron chi connectivity index (χ4n) is 4.15. The number of hydrogen-bond acceptors (Lipinski definition) is 5. The van der Waals surface area contributed by atoms with Crippen LogP contribution in [0.15, 0.2) is 30.3 Å². The predicted octanol–water partition coefficient (Wildman–Crippen LogP) is 7.54. The predicted molar refractivity (Wildman–Crippen MR) is 132 cm³/mol. The molecule has 1 aromatic carbocycles. The quantitative estimate of drug-likeness (QED) is 0.403. The van der Waals surface area contributed by atoms with E-state index in [-0.39, 0.29) is 52.4 Å². The maximum atomic E-state index is 11.1. The summed E-state index contributed by atoms with van der Waals surface area (Å²) in [7, 11) is 0. The first-order valence-corrected chi connectivity index (χ1v) is 12.0. The molecular weight excluding hydrogens is 416 g/mol. The molecule has 0 bridgehead atoms. The van der Waals surface area contributed by atoms with Crippen molar-refractivity contribution in [1.82, 2.24) is 0 Å². The number of benzene rings is 1. The molecule has 2 fully saturated rings. The van der Waals surface area contributed by atoms with Crippen LogP contribution in [0, 0.1) is 21.7 Å². The van der Waals surface area contributed by atoms with Gasteiger partial charge in [-0.1, -0.05) is 113 Å². The van der Waals surface area contributed by atoms with Crippen molar-refractivity contribution in [1.29, 1.82) is 0 Å². The molecule has 33 heavy (non-hydrogen) atoms. The minimum absolute atomic E-state index is 0.0709. The Balaban J connectivity index is 0.000000245. The lowest BCUT2D eigenvalue weighted by Gasteiger charge is -2.36. The van der Waals surface area contributed by atoms with Crippen molar-refractivity contribution in [2.45, 2.75) is 114 Å². The third-order valence-electron chi connectivity index (χ3n) is 6.02. The van der Waals surface area contributed by atoms with Crippen LogP contribution < -0.4 is 0 Å². The standard InChI is InChI=1S/C17H26O2.C11H20O3/c1-16(2,3)13-14(17(4,5)6)19-15(18-13)12-10-8-7-9-11-12;1-10(2,3)7-8(11(4,5)6)14-9(12)13-7/h7-11,13-15H,1-6H3;7-8H,1-6H3/t13-,14-;7-,8-/m11/s1. The molecular formula is C28H46O5. The monoisotopic (exact) mass is 462 g/mol. The number of carbonyl (C=O) groups excluding carboxylic acids is 1. The van der Waals surface area contributed by atoms with Crippen molar-refractivity contribution in [3.8, 4) is 0 Å². The Morgan fingerprint density at radius 1 is 0.545 bits per heavy atom. The summed E-state index contributed by atoms with van der Waals surface area (Å²) < 4.78 is 22.9. The zero-order valence-electron chi connectivity index (χ0n) is 22.8. The molecule has 3 rings (SSSR count). The van der Waals surface area contributed by atoms with Crippen molar-refractivity contribution < 1.29 is 23.7 Å². The Morgan fingerprint density at radius 3 is 1.18 bits per heavy atom. The Morgan fingerprint density at radius 2 is 0.879 bits per heavy atom. The van der Waals surface area contributed by atoms with Crippen LogP contribution >= 0.6 is 0 Å². The Hall–Kier alpha value is -1.59. The summed E-state index contributed by atoms with van der Waals surface area (Å²) in [6.07, 6.45) is -0.875. The highest BCUT2D eigenvalue weighted by Gasteiger charge is 2.50. The first kappa shape index (κ1) is 27.7. The molecule has 5 nitrogen and oxygen atoms in total. The minimum atomic E-state index is -0.537. The lowest BCUT2D eigenvalue weighted by atomic mass is 9.76. The SMILES string of the molecule is CC(C)(C)[C@@H]1OC(=O)O[C@H]1C(C)(C)C.CC(C)(C)[C@@H]1OC(c2ccccc2)O[C@H]1C(C)(C)C. The summed E-state index contributed by atoms with van der Waals surface area (Å²) in [4.78, 5) is 11.1. The molecule has 0 amide bonds. The molecule has 0 saturated carbocycles. The van der Waals surface area contributed by atoms with E-state index in [1.165, 1.54) is 0 Å². The van der Waals surface area contributed by atoms with E-state index in [2.05, 4.69) is 95.2 Å². The van der Waals surface area contributed by atoms with Gasteiger partial charge in [-0.3, -0.25) is 0 Å². The zero-order chi connectivity index (χ0) is 25.4. The van der Waals surface area contributed by atoms with Crippen molar-refractivity contribution >= 4 is 6.16 Å². The number of hydrogen-bond donors (Lipinski definition) is 0. The molecule has 0 aliphatic carbocycles. The molecule has 2 aliphatic heterocycles. The minimum Gasteiger partial charge on any atom is -0.426 e. The number of ether oxygens (including phenoxy) is 4. The fourth-order valence-corrected chi connectivity index (χ4v) is 4.15. The molecule has 2 heterocycles. The first-order valence-electron chi connectivity index (χ1n) is 12.0. The van der Waals surface area contributed by atoms with E-state index >= 15 is 0 Å². The van der Waals surface area contributed by atoms with E-state index in [0.29, 0.717) is 0 Å². The summed E-state index contributed by atoms with van der Waals surface area (Å²) >= 11 is 0. The highest BCUT2D eigenvalue weighted by molar-refractivity contribution is 5.62. The number of cyclic esters (lactones) is 2. The maximum absolute atomic E-state index is 11.1. The van der Waals surface area contributed by atoms with Crippen LogP contribution in [0.1, 0.15) is 94.9 Å². The van der Waals surface area contributed by atoms with E-state index < -0.39 is 6.16 Å². The topological polar surface area (TPSA) is 54.0 Å². The van der Waals surface area contributed by atoms with Crippen LogP contribution in [0.25, 0.3) is 0 Å². The second kappa shape index (κ2) is 9.58. The fraction of sp³-hybridized carbons (Fsp3) is 0.750. The van der Waals surface area contributed by atoms with Gasteiger partial charge in [0, 0.05) is 16.4 Å². The number of rotatable bonds is 1. The molecule has 0 N–H and O–H groups in total. The summed E-state index contributed by atoms with van der Waals surface area (Å²) in [6.45, 7) is 25.6. The highest BCUT2D eigenvalue weighted by Crippen LogP contribution is 2.45.